The molecule has 1 amide bonds. The zero-order valence-electron chi connectivity index (χ0n) is 10.6. The first-order valence-electron chi connectivity index (χ1n) is 6.82. The van der Waals surface area contributed by atoms with Crippen LogP contribution in [0.25, 0.3) is 0 Å². The summed E-state index contributed by atoms with van der Waals surface area (Å²) in [5, 5.41) is 3.06. The van der Waals surface area contributed by atoms with Gasteiger partial charge < -0.3 is 11.1 Å². The Morgan fingerprint density at radius 1 is 1.17 bits per heavy atom. The van der Waals surface area contributed by atoms with Crippen LogP contribution in [0, 0.1) is 17.8 Å². The van der Waals surface area contributed by atoms with E-state index < -0.39 is 0 Å². The number of carbonyl (C=O) groups is 1. The summed E-state index contributed by atoms with van der Waals surface area (Å²) in [5.41, 5.74) is 7.94. The first-order chi connectivity index (χ1) is 8.78. The van der Waals surface area contributed by atoms with Crippen molar-refractivity contribution in [1.29, 1.82) is 0 Å². The van der Waals surface area contributed by atoms with Crippen LogP contribution in [-0.2, 0) is 17.9 Å². The third-order valence-corrected chi connectivity index (χ3v) is 4.41. The van der Waals surface area contributed by atoms with Crippen LogP contribution in [0.1, 0.15) is 30.4 Å². The topological polar surface area (TPSA) is 55.1 Å². The zero-order valence-corrected chi connectivity index (χ0v) is 10.6. The summed E-state index contributed by atoms with van der Waals surface area (Å²) in [4.78, 5) is 12.0. The molecule has 3 nitrogen and oxygen atoms in total. The number of hydrogen-bond donors (Lipinski definition) is 2. The van der Waals surface area contributed by atoms with Gasteiger partial charge in [0.25, 0.3) is 0 Å². The summed E-state index contributed by atoms with van der Waals surface area (Å²) in [7, 11) is 0. The van der Waals surface area contributed by atoms with Crippen molar-refractivity contribution in [3.8, 4) is 0 Å². The fourth-order valence-corrected chi connectivity index (χ4v) is 3.18. The molecule has 0 bridgehead atoms. The lowest BCUT2D eigenvalue weighted by atomic mass is 10.0. The van der Waals surface area contributed by atoms with Crippen LogP contribution in [-0.4, -0.2) is 5.91 Å². The maximum Gasteiger partial charge on any atom is 0.223 e. The predicted molar refractivity (Wildman–Crippen MR) is 70.5 cm³/mol. The first kappa shape index (κ1) is 11.7. The Morgan fingerprint density at radius 3 is 2.50 bits per heavy atom. The predicted octanol–water partition coefficient (Wildman–Crippen LogP) is 1.81. The van der Waals surface area contributed by atoms with Gasteiger partial charge in [0, 0.05) is 19.0 Å². The number of carbonyl (C=O) groups excluding carboxylic acids is 1. The van der Waals surface area contributed by atoms with Crippen LogP contribution in [0.5, 0.6) is 0 Å². The molecule has 3 N–H and O–H groups in total. The van der Waals surface area contributed by atoms with Gasteiger partial charge in [0.1, 0.15) is 0 Å². The van der Waals surface area contributed by atoms with Crippen LogP contribution in [0.15, 0.2) is 24.3 Å². The third-order valence-electron chi connectivity index (χ3n) is 4.41. The van der Waals surface area contributed by atoms with Gasteiger partial charge in [-0.1, -0.05) is 24.3 Å². The van der Waals surface area contributed by atoms with Crippen LogP contribution in [0.2, 0.25) is 0 Å². The van der Waals surface area contributed by atoms with Gasteiger partial charge in [0.05, 0.1) is 0 Å². The molecule has 0 saturated heterocycles. The average molecular weight is 244 g/mol. The number of benzene rings is 1. The highest BCUT2D eigenvalue weighted by atomic mass is 16.1. The molecular formula is C15H20N2O. The average Bonchev–Trinajstić information content (AvgIpc) is 3.02. The van der Waals surface area contributed by atoms with E-state index >= 15 is 0 Å². The highest BCUT2D eigenvalue weighted by Crippen LogP contribution is 2.54. The van der Waals surface area contributed by atoms with E-state index in [2.05, 4.69) is 5.32 Å². The van der Waals surface area contributed by atoms with Crippen molar-refractivity contribution in [1.82, 2.24) is 5.32 Å². The molecule has 3 heteroatoms. The maximum absolute atomic E-state index is 12.0. The lowest BCUT2D eigenvalue weighted by molar-refractivity contribution is -0.125. The minimum atomic E-state index is 0.231. The minimum Gasteiger partial charge on any atom is -0.352 e. The highest BCUT2D eigenvalue weighted by Gasteiger charge is 2.47. The molecule has 1 aromatic carbocycles. The van der Waals surface area contributed by atoms with Gasteiger partial charge in [-0.25, -0.2) is 0 Å². The second-order valence-corrected chi connectivity index (χ2v) is 5.61. The molecule has 1 aromatic rings. The molecule has 2 aliphatic rings. The van der Waals surface area contributed by atoms with Gasteiger partial charge in [-0.3, -0.25) is 4.79 Å². The zero-order chi connectivity index (χ0) is 12.5. The molecule has 0 radical (unpaired) electrons. The summed E-state index contributed by atoms with van der Waals surface area (Å²) in [6.45, 7) is 1.14. The van der Waals surface area contributed by atoms with Crippen LogP contribution in [0.4, 0.5) is 0 Å². The van der Waals surface area contributed by atoms with Crippen LogP contribution < -0.4 is 11.1 Å². The maximum atomic E-state index is 12.0. The van der Waals surface area contributed by atoms with Crippen LogP contribution >= 0.6 is 0 Å². The smallest absolute Gasteiger partial charge is 0.223 e. The van der Waals surface area contributed by atoms with Crippen molar-refractivity contribution >= 4 is 5.91 Å². The third kappa shape index (κ3) is 2.27. The first-order valence-corrected chi connectivity index (χ1v) is 6.82. The molecule has 2 unspecified atom stereocenters. The summed E-state index contributed by atoms with van der Waals surface area (Å²) >= 11 is 0. The monoisotopic (exact) mass is 244 g/mol. The van der Waals surface area contributed by atoms with E-state index in [1.54, 1.807) is 0 Å². The number of nitrogens with two attached hydrogens (primary N) is 1. The lowest BCUT2D eigenvalue weighted by Crippen LogP contribution is -2.30. The van der Waals surface area contributed by atoms with Gasteiger partial charge in [0.15, 0.2) is 0 Å². The Balaban J connectivity index is 1.55. The molecule has 0 aliphatic heterocycles. The van der Waals surface area contributed by atoms with Gasteiger partial charge >= 0.3 is 0 Å². The van der Waals surface area contributed by atoms with Crippen LogP contribution in [0.3, 0.4) is 0 Å². The Hall–Kier alpha value is -1.35. The second kappa shape index (κ2) is 4.73. The van der Waals surface area contributed by atoms with E-state index in [9.17, 15) is 4.79 Å². The molecule has 3 rings (SSSR count). The van der Waals surface area contributed by atoms with Crippen molar-refractivity contribution in [3.63, 3.8) is 0 Å². The highest BCUT2D eigenvalue weighted by molar-refractivity contribution is 5.79. The summed E-state index contributed by atoms with van der Waals surface area (Å²) in [5.74, 6) is 2.21. The molecular weight excluding hydrogens is 224 g/mol. The number of hydrogen-bond acceptors (Lipinski definition) is 2. The number of rotatable bonds is 4. The standard InChI is InChI=1S/C15H20N2O/c16-8-10-3-1-2-4-11(10)9-17-15(18)14-6-12-5-13(12)7-14/h1-4,12-14H,5-9,16H2,(H,17,18). The molecule has 2 fully saturated rings. The van der Waals surface area contributed by atoms with Crippen molar-refractivity contribution in [2.24, 2.45) is 23.5 Å². The normalized spacial score (nSPS) is 28.8. The summed E-state index contributed by atoms with van der Waals surface area (Å²) in [6, 6.07) is 8.03. The largest absolute Gasteiger partial charge is 0.352 e. The quantitative estimate of drug-likeness (QED) is 0.848. The number of nitrogens with one attached hydrogen (secondary N) is 1. The Morgan fingerprint density at radius 2 is 1.83 bits per heavy atom. The molecule has 2 saturated carbocycles. The van der Waals surface area contributed by atoms with Gasteiger partial charge in [0.2, 0.25) is 5.91 Å². The van der Waals surface area contributed by atoms with E-state index in [4.69, 9.17) is 5.73 Å². The second-order valence-electron chi connectivity index (χ2n) is 5.61. The molecule has 0 heterocycles. The molecule has 0 aromatic heterocycles. The minimum absolute atomic E-state index is 0.231. The van der Waals surface area contributed by atoms with Crippen molar-refractivity contribution in [2.75, 3.05) is 0 Å². The fourth-order valence-electron chi connectivity index (χ4n) is 3.18. The van der Waals surface area contributed by atoms with E-state index in [0.717, 1.165) is 35.8 Å². The fraction of sp³-hybridized carbons (Fsp3) is 0.533. The van der Waals surface area contributed by atoms with Gasteiger partial charge in [-0.15, -0.1) is 0 Å². The van der Waals surface area contributed by atoms with E-state index in [-0.39, 0.29) is 11.8 Å². The van der Waals surface area contributed by atoms with Crippen molar-refractivity contribution in [3.05, 3.63) is 35.4 Å². The van der Waals surface area contributed by atoms with E-state index in [1.807, 2.05) is 24.3 Å². The van der Waals surface area contributed by atoms with E-state index in [0.29, 0.717) is 13.1 Å². The van der Waals surface area contributed by atoms with Gasteiger partial charge in [-0.05, 0) is 42.2 Å². The molecule has 2 atom stereocenters. The Labute approximate surface area is 108 Å². The lowest BCUT2D eigenvalue weighted by Gasteiger charge is -2.13. The molecule has 18 heavy (non-hydrogen) atoms. The Kier molecular flexibility index (Phi) is 3.08. The SMILES string of the molecule is NCc1ccccc1CNC(=O)C1CC2CC2C1. The Bertz CT molecular complexity index is 448. The van der Waals surface area contributed by atoms with Crippen molar-refractivity contribution in [2.45, 2.75) is 32.4 Å². The molecule has 96 valence electrons. The van der Waals surface area contributed by atoms with Gasteiger partial charge in [-0.2, -0.15) is 0 Å². The number of fused-ring (bicyclic) bond motifs is 1. The van der Waals surface area contributed by atoms with Crippen molar-refractivity contribution < 1.29 is 4.79 Å². The molecule has 2 aliphatic carbocycles. The molecule has 0 spiro atoms. The van der Waals surface area contributed by atoms with E-state index in [1.165, 1.54) is 6.42 Å². The number of amides is 1. The summed E-state index contributed by atoms with van der Waals surface area (Å²) < 4.78 is 0. The summed E-state index contributed by atoms with van der Waals surface area (Å²) in [6.07, 6.45) is 3.57.